The number of nitrogens with zero attached hydrogens (tertiary/aromatic N) is 2. The number of anilines is 1. The summed E-state index contributed by atoms with van der Waals surface area (Å²) in [4.78, 5) is 52.6. The van der Waals surface area contributed by atoms with E-state index in [1.54, 1.807) is 43.3 Å². The maximum Gasteiger partial charge on any atom is 0.254 e. The van der Waals surface area contributed by atoms with Gasteiger partial charge in [0.05, 0.1) is 18.6 Å². The Balaban J connectivity index is 1.44. The molecule has 0 saturated heterocycles. The summed E-state index contributed by atoms with van der Waals surface area (Å²) in [5.41, 5.74) is 1.96. The lowest BCUT2D eigenvalue weighted by atomic mass is 10.1. The average molecular weight is 492 g/mol. The highest BCUT2D eigenvalue weighted by Crippen LogP contribution is 2.19. The highest BCUT2D eigenvalue weighted by atomic mass is 16.5. The number of rotatable bonds is 11. The van der Waals surface area contributed by atoms with Gasteiger partial charge in [0.2, 0.25) is 11.8 Å². The van der Waals surface area contributed by atoms with Crippen LogP contribution in [0.3, 0.4) is 0 Å². The fourth-order valence-corrected chi connectivity index (χ4v) is 3.24. The van der Waals surface area contributed by atoms with Crippen LogP contribution in [0.25, 0.3) is 11.3 Å². The molecule has 3 rings (SSSR count). The Morgan fingerprint density at radius 1 is 0.917 bits per heavy atom. The number of hydrogen-bond acceptors (Lipinski definition) is 6. The number of nitrogens with one attached hydrogen (secondary N) is 3. The van der Waals surface area contributed by atoms with Crippen molar-refractivity contribution < 1.29 is 19.1 Å². The van der Waals surface area contributed by atoms with Gasteiger partial charge in [-0.3, -0.25) is 23.7 Å². The summed E-state index contributed by atoms with van der Waals surface area (Å²) in [7, 11) is 0. The van der Waals surface area contributed by atoms with Crippen molar-refractivity contribution in [1.82, 2.24) is 20.2 Å². The summed E-state index contributed by atoms with van der Waals surface area (Å²) in [5, 5.41) is 8.08. The van der Waals surface area contributed by atoms with Gasteiger partial charge in [-0.2, -0.15) is 0 Å². The molecule has 3 N–H and O–H groups in total. The minimum absolute atomic E-state index is 0.107. The van der Waals surface area contributed by atoms with Gasteiger partial charge in [0, 0.05) is 42.4 Å². The van der Waals surface area contributed by atoms with Crippen molar-refractivity contribution in [1.29, 1.82) is 0 Å². The number of benzene rings is 2. The van der Waals surface area contributed by atoms with Crippen LogP contribution >= 0.6 is 0 Å². The molecule has 0 unspecified atom stereocenters. The second-order valence-corrected chi connectivity index (χ2v) is 7.78. The van der Waals surface area contributed by atoms with Gasteiger partial charge in [0.1, 0.15) is 12.3 Å². The van der Waals surface area contributed by atoms with Crippen LogP contribution in [0.2, 0.25) is 0 Å². The Hall–Kier alpha value is -4.47. The summed E-state index contributed by atoms with van der Waals surface area (Å²) >= 11 is 0. The molecule has 0 spiro atoms. The van der Waals surface area contributed by atoms with Crippen molar-refractivity contribution in [3.05, 3.63) is 76.8 Å². The van der Waals surface area contributed by atoms with Gasteiger partial charge in [-0.05, 0) is 55.5 Å². The van der Waals surface area contributed by atoms with Gasteiger partial charge < -0.3 is 20.7 Å². The van der Waals surface area contributed by atoms with Gasteiger partial charge >= 0.3 is 0 Å². The molecule has 3 aromatic rings. The summed E-state index contributed by atoms with van der Waals surface area (Å²) in [6.07, 6.45) is 1.70. The van der Waals surface area contributed by atoms with E-state index >= 15 is 0 Å². The first-order chi connectivity index (χ1) is 17.4. The number of hydrogen-bond donors (Lipinski definition) is 3. The van der Waals surface area contributed by atoms with Crippen molar-refractivity contribution in [2.45, 2.75) is 26.8 Å². The molecule has 0 aliphatic rings. The standard InChI is InChI=1S/C26H29N5O5/c1-3-23(32)30-20-9-5-19(6-10-20)26(35)28-14-13-27-24(33)16-31-17-29-22(15-25(31)34)18-7-11-21(12-8-18)36-4-2/h5-12,15,17H,3-4,13-14,16H2,1-2H3,(H,27,33)(H,28,35)(H,30,32). The molecular formula is C26H29N5O5. The van der Waals surface area contributed by atoms with E-state index < -0.39 is 0 Å². The number of carbonyl (C=O) groups excluding carboxylic acids is 3. The van der Waals surface area contributed by atoms with Crippen LogP contribution < -0.4 is 26.2 Å². The summed E-state index contributed by atoms with van der Waals surface area (Å²) in [5.74, 6) is -0.0526. The number of aromatic nitrogens is 2. The Bertz CT molecular complexity index is 1250. The van der Waals surface area contributed by atoms with Crippen LogP contribution in [-0.4, -0.2) is 47.0 Å². The minimum Gasteiger partial charge on any atom is -0.494 e. The maximum absolute atomic E-state index is 12.4. The van der Waals surface area contributed by atoms with Gasteiger partial charge in [-0.25, -0.2) is 4.98 Å². The van der Waals surface area contributed by atoms with Gasteiger partial charge in [0.25, 0.3) is 11.5 Å². The lowest BCUT2D eigenvalue weighted by Gasteiger charge is -2.10. The predicted octanol–water partition coefficient (Wildman–Crippen LogP) is 2.20. The highest BCUT2D eigenvalue weighted by Gasteiger charge is 2.09. The third kappa shape index (κ3) is 7.52. The molecule has 0 aliphatic carbocycles. The van der Waals surface area contributed by atoms with Crippen molar-refractivity contribution in [3.63, 3.8) is 0 Å². The first-order valence-electron chi connectivity index (χ1n) is 11.6. The molecule has 1 heterocycles. The molecule has 10 heteroatoms. The molecule has 3 amide bonds. The first-order valence-corrected chi connectivity index (χ1v) is 11.6. The van der Waals surface area contributed by atoms with E-state index in [1.165, 1.54) is 17.0 Å². The van der Waals surface area contributed by atoms with E-state index in [0.717, 1.165) is 11.3 Å². The molecule has 0 atom stereocenters. The molecule has 2 aromatic carbocycles. The fourth-order valence-electron chi connectivity index (χ4n) is 3.24. The zero-order chi connectivity index (χ0) is 25.9. The normalized spacial score (nSPS) is 10.4. The number of amides is 3. The maximum atomic E-state index is 12.4. The molecule has 0 bridgehead atoms. The number of carbonyl (C=O) groups is 3. The van der Waals surface area contributed by atoms with Crippen LogP contribution in [-0.2, 0) is 16.1 Å². The SMILES string of the molecule is CCOc1ccc(-c2cc(=O)n(CC(=O)NCCNC(=O)c3ccc(NC(=O)CC)cc3)cn2)cc1. The zero-order valence-electron chi connectivity index (χ0n) is 20.2. The molecule has 1 aromatic heterocycles. The molecule has 0 fully saturated rings. The van der Waals surface area contributed by atoms with E-state index in [-0.39, 0.29) is 42.9 Å². The third-order valence-electron chi connectivity index (χ3n) is 5.14. The summed E-state index contributed by atoms with van der Waals surface area (Å²) < 4.78 is 6.63. The Kier molecular flexibility index (Phi) is 9.33. The second kappa shape index (κ2) is 12.8. The molecule has 188 valence electrons. The molecule has 0 saturated carbocycles. The van der Waals surface area contributed by atoms with E-state index in [2.05, 4.69) is 20.9 Å². The van der Waals surface area contributed by atoms with Crippen LogP contribution in [0.15, 0.2) is 65.7 Å². The Labute approximate surface area is 208 Å². The predicted molar refractivity (Wildman–Crippen MR) is 136 cm³/mol. The molecule has 36 heavy (non-hydrogen) atoms. The van der Waals surface area contributed by atoms with Crippen LogP contribution in [0, 0.1) is 0 Å². The monoisotopic (exact) mass is 491 g/mol. The highest BCUT2D eigenvalue weighted by molar-refractivity contribution is 5.95. The van der Waals surface area contributed by atoms with Crippen LogP contribution in [0.1, 0.15) is 30.6 Å². The molecule has 10 nitrogen and oxygen atoms in total. The van der Waals surface area contributed by atoms with Crippen LogP contribution in [0.5, 0.6) is 5.75 Å². The second-order valence-electron chi connectivity index (χ2n) is 7.78. The van der Waals surface area contributed by atoms with Gasteiger partial charge in [0.15, 0.2) is 0 Å². The van der Waals surface area contributed by atoms with Crippen LogP contribution in [0.4, 0.5) is 5.69 Å². The quantitative estimate of drug-likeness (QED) is 0.353. The van der Waals surface area contributed by atoms with E-state index in [1.807, 2.05) is 19.1 Å². The van der Waals surface area contributed by atoms with E-state index in [0.29, 0.717) is 30.0 Å². The topological polar surface area (TPSA) is 131 Å². The first kappa shape index (κ1) is 26.1. The molecule has 0 aliphatic heterocycles. The number of ether oxygens (including phenoxy) is 1. The Morgan fingerprint density at radius 3 is 2.25 bits per heavy atom. The molecule has 0 radical (unpaired) electrons. The minimum atomic E-state index is -0.377. The Morgan fingerprint density at radius 2 is 1.61 bits per heavy atom. The smallest absolute Gasteiger partial charge is 0.254 e. The zero-order valence-corrected chi connectivity index (χ0v) is 20.2. The lowest BCUT2D eigenvalue weighted by Crippen LogP contribution is -2.37. The van der Waals surface area contributed by atoms with Crippen molar-refractivity contribution in [2.24, 2.45) is 0 Å². The van der Waals surface area contributed by atoms with E-state index in [9.17, 15) is 19.2 Å². The van der Waals surface area contributed by atoms with Crippen molar-refractivity contribution in [3.8, 4) is 17.0 Å². The lowest BCUT2D eigenvalue weighted by molar-refractivity contribution is -0.121. The van der Waals surface area contributed by atoms with Gasteiger partial charge in [-0.15, -0.1) is 0 Å². The third-order valence-corrected chi connectivity index (χ3v) is 5.14. The molecular weight excluding hydrogens is 462 g/mol. The largest absolute Gasteiger partial charge is 0.494 e. The van der Waals surface area contributed by atoms with Crippen molar-refractivity contribution >= 4 is 23.4 Å². The van der Waals surface area contributed by atoms with Gasteiger partial charge in [-0.1, -0.05) is 6.92 Å². The average Bonchev–Trinajstić information content (AvgIpc) is 2.88. The summed E-state index contributed by atoms with van der Waals surface area (Å²) in [6.45, 7) is 4.44. The van der Waals surface area contributed by atoms with Crippen molar-refractivity contribution in [2.75, 3.05) is 25.0 Å². The fraction of sp³-hybridized carbons (Fsp3) is 0.269. The van der Waals surface area contributed by atoms with E-state index in [4.69, 9.17) is 4.74 Å². The summed E-state index contributed by atoms with van der Waals surface area (Å²) in [6, 6.07) is 15.1.